The van der Waals surface area contributed by atoms with E-state index < -0.39 is 18.4 Å². The van der Waals surface area contributed by atoms with Crippen LogP contribution in [0.2, 0.25) is 0 Å². The molecule has 0 unspecified atom stereocenters. The van der Waals surface area contributed by atoms with Gasteiger partial charge in [-0.15, -0.1) is 0 Å². The lowest BCUT2D eigenvalue weighted by molar-refractivity contribution is -0.154. The number of ether oxygens (including phenoxy) is 6. The quantitative estimate of drug-likeness (QED) is 0.0304. The van der Waals surface area contributed by atoms with E-state index in [1.54, 1.807) is 12.4 Å². The zero-order valence-electron chi connectivity index (χ0n) is 30.7. The molecule has 0 fully saturated rings. The summed E-state index contributed by atoms with van der Waals surface area (Å²) in [6.07, 6.45) is 8.38. The molecule has 0 aromatic heterocycles. The number of hydrogen-bond acceptors (Lipinski definition) is 10. The fraction of sp³-hybridized carbons (Fsp3) is 0.349. The molecule has 0 N–H and O–H groups in total. The molecular formula is C43H50N2O8. The maximum Gasteiger partial charge on any atom is 0.317 e. The van der Waals surface area contributed by atoms with E-state index in [1.165, 1.54) is 0 Å². The van der Waals surface area contributed by atoms with Crippen LogP contribution in [0.3, 0.4) is 0 Å². The lowest BCUT2D eigenvalue weighted by Crippen LogP contribution is -2.16. The third-order valence-corrected chi connectivity index (χ3v) is 7.62. The van der Waals surface area contributed by atoms with Crippen LogP contribution in [0.5, 0.6) is 23.0 Å². The van der Waals surface area contributed by atoms with Crippen molar-refractivity contribution in [3.63, 3.8) is 0 Å². The average Bonchev–Trinajstić information content (AvgIpc) is 3.18. The molecule has 0 saturated carbocycles. The zero-order valence-corrected chi connectivity index (χ0v) is 30.7. The van der Waals surface area contributed by atoms with Gasteiger partial charge >= 0.3 is 11.9 Å². The summed E-state index contributed by atoms with van der Waals surface area (Å²) in [5, 5.41) is 0. The van der Waals surface area contributed by atoms with Crippen LogP contribution in [0.1, 0.15) is 69.9 Å². The van der Waals surface area contributed by atoms with Crippen LogP contribution >= 0.6 is 0 Å². The van der Waals surface area contributed by atoms with E-state index in [0.717, 1.165) is 72.9 Å². The van der Waals surface area contributed by atoms with Crippen molar-refractivity contribution in [3.05, 3.63) is 108 Å². The number of rotatable bonds is 24. The van der Waals surface area contributed by atoms with Crippen LogP contribution in [0.4, 0.5) is 11.4 Å². The van der Waals surface area contributed by atoms with E-state index >= 15 is 0 Å². The van der Waals surface area contributed by atoms with E-state index in [4.69, 9.17) is 28.4 Å². The van der Waals surface area contributed by atoms with Crippen molar-refractivity contribution >= 4 is 35.7 Å². The predicted octanol–water partition coefficient (Wildman–Crippen LogP) is 9.26. The Morgan fingerprint density at radius 3 is 1.11 bits per heavy atom. The molecule has 0 aliphatic carbocycles. The molecule has 10 nitrogen and oxygen atoms in total. The Hall–Kier alpha value is -5.64. The second-order valence-corrected chi connectivity index (χ2v) is 12.1. The minimum Gasteiger partial charge on any atom is -0.494 e. The van der Waals surface area contributed by atoms with Gasteiger partial charge in [-0.05, 0) is 121 Å². The van der Waals surface area contributed by atoms with Gasteiger partial charge in [0.2, 0.25) is 0 Å². The summed E-state index contributed by atoms with van der Waals surface area (Å²) in [4.78, 5) is 33.1. The van der Waals surface area contributed by atoms with Crippen molar-refractivity contribution in [2.45, 2.75) is 58.8 Å². The minimum atomic E-state index is -0.634. The van der Waals surface area contributed by atoms with Gasteiger partial charge < -0.3 is 28.4 Å². The lowest BCUT2D eigenvalue weighted by Gasteiger charge is -2.08. The van der Waals surface area contributed by atoms with Gasteiger partial charge in [-0.3, -0.25) is 19.6 Å². The molecule has 4 rings (SSSR count). The number of carbonyl (C=O) groups excluding carboxylic acids is 2. The van der Waals surface area contributed by atoms with Gasteiger partial charge in [-0.1, -0.05) is 26.7 Å². The smallest absolute Gasteiger partial charge is 0.317 e. The Morgan fingerprint density at radius 1 is 0.453 bits per heavy atom. The van der Waals surface area contributed by atoms with E-state index in [2.05, 4.69) is 23.8 Å². The maximum absolute atomic E-state index is 12.0. The topological polar surface area (TPSA) is 114 Å². The summed E-state index contributed by atoms with van der Waals surface area (Å²) in [7, 11) is 0. The second-order valence-electron chi connectivity index (χ2n) is 12.1. The summed E-state index contributed by atoms with van der Waals surface area (Å²) >= 11 is 0. The molecule has 0 amide bonds. The highest BCUT2D eigenvalue weighted by Gasteiger charge is 2.12. The summed E-state index contributed by atoms with van der Waals surface area (Å²) in [6, 6.07) is 30.5. The summed E-state index contributed by atoms with van der Waals surface area (Å²) in [5.41, 5.74) is 3.56. The Morgan fingerprint density at radius 2 is 0.774 bits per heavy atom. The van der Waals surface area contributed by atoms with E-state index in [1.807, 2.05) is 97.1 Å². The van der Waals surface area contributed by atoms with Crippen molar-refractivity contribution in [3.8, 4) is 23.0 Å². The monoisotopic (exact) mass is 722 g/mol. The standard InChI is InChI=1S/C43H50N2O8/c1-3-5-25-48-40-21-13-36(14-22-40)44-32-34-9-17-38(18-10-34)50-27-7-29-52-42(46)31-43(47)53-30-8-28-51-39-19-11-35(12-20-39)33-45-37-15-23-41(24-16-37)49-26-6-4-2/h9-24,32-33H,3-8,25-31H2,1-2H3. The van der Waals surface area contributed by atoms with Gasteiger partial charge in [0.25, 0.3) is 0 Å². The first-order valence-electron chi connectivity index (χ1n) is 18.3. The summed E-state index contributed by atoms with van der Waals surface area (Å²) < 4.78 is 33.1. The van der Waals surface area contributed by atoms with Gasteiger partial charge in [-0.2, -0.15) is 0 Å². The van der Waals surface area contributed by atoms with Gasteiger partial charge in [0.05, 0.1) is 51.0 Å². The second kappa shape index (κ2) is 23.8. The first kappa shape index (κ1) is 40.1. The molecule has 0 bridgehead atoms. The highest BCUT2D eigenvalue weighted by molar-refractivity contribution is 5.91. The van der Waals surface area contributed by atoms with Gasteiger partial charge in [0.1, 0.15) is 29.4 Å². The maximum atomic E-state index is 12.0. The molecule has 10 heteroatoms. The fourth-order valence-electron chi connectivity index (χ4n) is 4.61. The van der Waals surface area contributed by atoms with Crippen molar-refractivity contribution in [1.29, 1.82) is 0 Å². The largest absolute Gasteiger partial charge is 0.494 e. The molecule has 53 heavy (non-hydrogen) atoms. The molecule has 0 heterocycles. The fourth-order valence-corrected chi connectivity index (χ4v) is 4.61. The molecule has 0 atom stereocenters. The van der Waals surface area contributed by atoms with Crippen LogP contribution < -0.4 is 18.9 Å². The molecule has 0 aliphatic rings. The lowest BCUT2D eigenvalue weighted by atomic mass is 10.2. The molecule has 4 aromatic rings. The molecule has 4 aromatic carbocycles. The van der Waals surface area contributed by atoms with Gasteiger partial charge in [0, 0.05) is 25.3 Å². The number of esters is 2. The van der Waals surface area contributed by atoms with Crippen molar-refractivity contribution < 1.29 is 38.0 Å². The van der Waals surface area contributed by atoms with Crippen LogP contribution in [-0.2, 0) is 19.1 Å². The third-order valence-electron chi connectivity index (χ3n) is 7.62. The van der Waals surface area contributed by atoms with Crippen molar-refractivity contribution in [2.75, 3.05) is 39.6 Å². The molecule has 0 saturated heterocycles. The first-order chi connectivity index (χ1) is 26.0. The highest BCUT2D eigenvalue weighted by Crippen LogP contribution is 2.20. The molecular weight excluding hydrogens is 672 g/mol. The number of unbranched alkanes of at least 4 members (excludes halogenated alkanes) is 2. The van der Waals surface area contributed by atoms with Crippen LogP contribution in [-0.4, -0.2) is 64.0 Å². The average molecular weight is 723 g/mol. The number of aliphatic imine (C=N–C) groups is 2. The van der Waals surface area contributed by atoms with Crippen LogP contribution in [0.25, 0.3) is 0 Å². The summed E-state index contributed by atoms with van der Waals surface area (Å²) in [6.45, 7) is 6.70. The zero-order chi connectivity index (χ0) is 37.4. The van der Waals surface area contributed by atoms with Gasteiger partial charge in [0.15, 0.2) is 0 Å². The number of carbonyl (C=O) groups is 2. The Labute approximate surface area is 312 Å². The van der Waals surface area contributed by atoms with Crippen molar-refractivity contribution in [2.24, 2.45) is 9.98 Å². The van der Waals surface area contributed by atoms with Crippen LogP contribution in [0, 0.1) is 0 Å². The van der Waals surface area contributed by atoms with Gasteiger partial charge in [-0.25, -0.2) is 0 Å². The number of hydrogen-bond donors (Lipinski definition) is 0. The highest BCUT2D eigenvalue weighted by atomic mass is 16.6. The Kier molecular flexibility index (Phi) is 18.0. The normalized spacial score (nSPS) is 11.1. The molecule has 280 valence electrons. The minimum absolute atomic E-state index is 0.138. The SMILES string of the molecule is CCCCOc1ccc(N=Cc2ccc(OCCCOC(=O)CC(=O)OCCCOc3ccc(C=Nc4ccc(OCCCC)cc4)cc3)cc2)cc1. The molecule has 0 spiro atoms. The molecule has 0 radical (unpaired) electrons. The first-order valence-corrected chi connectivity index (χ1v) is 18.3. The third kappa shape index (κ3) is 16.5. The van der Waals surface area contributed by atoms with Crippen LogP contribution in [0.15, 0.2) is 107 Å². The predicted molar refractivity (Wildman–Crippen MR) is 208 cm³/mol. The number of nitrogens with zero attached hydrogens (tertiary/aromatic N) is 2. The molecule has 0 aliphatic heterocycles. The summed E-state index contributed by atoms with van der Waals surface area (Å²) in [5.74, 6) is 1.82. The Bertz CT molecular complexity index is 1560. The van der Waals surface area contributed by atoms with Crippen molar-refractivity contribution in [1.82, 2.24) is 0 Å². The Balaban J connectivity index is 1.01. The van der Waals surface area contributed by atoms with E-state index in [-0.39, 0.29) is 13.2 Å². The van der Waals surface area contributed by atoms with E-state index in [0.29, 0.717) is 37.6 Å². The number of benzene rings is 4. The van der Waals surface area contributed by atoms with E-state index in [9.17, 15) is 9.59 Å².